The van der Waals surface area contributed by atoms with Crippen molar-refractivity contribution in [1.29, 1.82) is 0 Å². The van der Waals surface area contributed by atoms with Crippen molar-refractivity contribution in [3.05, 3.63) is 0 Å². The second-order valence-corrected chi connectivity index (χ2v) is 6.83. The molecule has 1 amide bonds. The number of carboxylic acid groups (broad SMARTS) is 1. The smallest absolute Gasteiger partial charge is 0.407 e. The van der Waals surface area contributed by atoms with Crippen molar-refractivity contribution in [2.24, 2.45) is 11.3 Å². The molecule has 0 saturated carbocycles. The number of nitrogens with zero attached hydrogens (tertiary/aromatic N) is 2. The monoisotopic (exact) mass is 314 g/mol. The van der Waals surface area contributed by atoms with Crippen LogP contribution in [0.2, 0.25) is 0 Å². The number of hydrogen-bond donors (Lipinski definition) is 1. The highest BCUT2D eigenvalue weighted by molar-refractivity contribution is 5.69. The average Bonchev–Trinajstić information content (AvgIpc) is 2.45. The summed E-state index contributed by atoms with van der Waals surface area (Å²) in [6, 6.07) is 0. The van der Waals surface area contributed by atoms with Crippen molar-refractivity contribution in [1.82, 2.24) is 9.80 Å². The summed E-state index contributed by atoms with van der Waals surface area (Å²) >= 11 is 0. The highest BCUT2D eigenvalue weighted by Crippen LogP contribution is 2.35. The molecular weight excluding hydrogens is 284 g/mol. The van der Waals surface area contributed by atoms with Crippen molar-refractivity contribution >= 4 is 12.1 Å². The predicted molar refractivity (Wildman–Crippen MR) is 84.8 cm³/mol. The van der Waals surface area contributed by atoms with Gasteiger partial charge in [-0.1, -0.05) is 13.8 Å². The maximum Gasteiger partial charge on any atom is 0.407 e. The van der Waals surface area contributed by atoms with E-state index < -0.39 is 6.09 Å². The molecule has 0 aromatic carbocycles. The zero-order valence-corrected chi connectivity index (χ0v) is 14.3. The molecule has 0 aromatic rings. The molecule has 0 aromatic heterocycles. The molecule has 0 aliphatic carbocycles. The van der Waals surface area contributed by atoms with Gasteiger partial charge in [0.05, 0.1) is 13.0 Å². The second kappa shape index (κ2) is 8.36. The minimum Gasteiger partial charge on any atom is -0.466 e. The molecule has 6 nitrogen and oxygen atoms in total. The normalized spacial score (nSPS) is 16.9. The van der Waals surface area contributed by atoms with E-state index in [-0.39, 0.29) is 11.4 Å². The first-order valence-corrected chi connectivity index (χ1v) is 8.08. The third-order valence-electron chi connectivity index (χ3n) is 4.55. The van der Waals surface area contributed by atoms with Crippen LogP contribution in [0.3, 0.4) is 0 Å². The third kappa shape index (κ3) is 5.83. The van der Waals surface area contributed by atoms with E-state index in [0.29, 0.717) is 38.6 Å². The molecule has 0 atom stereocenters. The van der Waals surface area contributed by atoms with Crippen LogP contribution >= 0.6 is 0 Å². The van der Waals surface area contributed by atoms with Gasteiger partial charge in [0.1, 0.15) is 0 Å². The lowest BCUT2D eigenvalue weighted by Crippen LogP contribution is -2.45. The van der Waals surface area contributed by atoms with Crippen molar-refractivity contribution in [3.63, 3.8) is 0 Å². The van der Waals surface area contributed by atoms with Gasteiger partial charge < -0.3 is 19.6 Å². The Morgan fingerprint density at radius 3 is 2.41 bits per heavy atom. The lowest BCUT2D eigenvalue weighted by Gasteiger charge is -2.41. The Kier molecular flexibility index (Phi) is 7.13. The van der Waals surface area contributed by atoms with Crippen LogP contribution in [0.15, 0.2) is 0 Å². The van der Waals surface area contributed by atoms with Gasteiger partial charge in [0.25, 0.3) is 0 Å². The number of carbonyl (C=O) groups excluding carboxylic acids is 1. The molecule has 0 bridgehead atoms. The fourth-order valence-corrected chi connectivity index (χ4v) is 3.27. The summed E-state index contributed by atoms with van der Waals surface area (Å²) in [5.41, 5.74) is 0.105. The lowest BCUT2D eigenvalue weighted by atomic mass is 9.73. The molecule has 1 fully saturated rings. The molecule has 1 heterocycles. The minimum absolute atomic E-state index is 0.105. The van der Waals surface area contributed by atoms with Gasteiger partial charge in [-0.15, -0.1) is 0 Å². The van der Waals surface area contributed by atoms with Crippen molar-refractivity contribution in [2.75, 3.05) is 39.8 Å². The Bertz CT molecular complexity index is 376. The minimum atomic E-state index is -0.817. The van der Waals surface area contributed by atoms with E-state index in [1.807, 2.05) is 14.0 Å². The fourth-order valence-electron chi connectivity index (χ4n) is 3.27. The number of esters is 1. The summed E-state index contributed by atoms with van der Waals surface area (Å²) < 4.78 is 4.95. The summed E-state index contributed by atoms with van der Waals surface area (Å²) in [4.78, 5) is 26.0. The molecule has 1 N–H and O–H groups in total. The third-order valence-corrected chi connectivity index (χ3v) is 4.55. The van der Waals surface area contributed by atoms with Gasteiger partial charge in [-0.25, -0.2) is 4.79 Å². The first kappa shape index (κ1) is 18.7. The Balaban J connectivity index is 2.39. The van der Waals surface area contributed by atoms with Crippen molar-refractivity contribution in [3.8, 4) is 0 Å². The van der Waals surface area contributed by atoms with Crippen LogP contribution in [-0.4, -0.2) is 66.8 Å². The van der Waals surface area contributed by atoms with E-state index in [0.717, 1.165) is 19.4 Å². The molecular formula is C16H30N2O4. The molecule has 128 valence electrons. The lowest BCUT2D eigenvalue weighted by molar-refractivity contribution is -0.143. The number of carbonyl (C=O) groups is 2. The molecule has 0 radical (unpaired) electrons. The highest BCUT2D eigenvalue weighted by atomic mass is 16.5. The summed E-state index contributed by atoms with van der Waals surface area (Å²) in [5, 5.41) is 9.01. The first-order chi connectivity index (χ1) is 10.3. The quantitative estimate of drug-likeness (QED) is 0.730. The van der Waals surface area contributed by atoms with Crippen LogP contribution in [0.5, 0.6) is 0 Å². The van der Waals surface area contributed by atoms with Gasteiger partial charge in [-0.05, 0) is 38.1 Å². The number of hydrogen-bond acceptors (Lipinski definition) is 4. The maximum atomic E-state index is 11.4. The highest BCUT2D eigenvalue weighted by Gasteiger charge is 2.34. The molecule has 1 saturated heterocycles. The summed E-state index contributed by atoms with van der Waals surface area (Å²) in [6.07, 6.45) is 1.41. The number of rotatable bonds is 7. The van der Waals surface area contributed by atoms with E-state index in [9.17, 15) is 9.59 Å². The predicted octanol–water partition coefficient (Wildman–Crippen LogP) is 2.29. The van der Waals surface area contributed by atoms with Gasteiger partial charge in [0.15, 0.2) is 0 Å². The van der Waals surface area contributed by atoms with E-state index >= 15 is 0 Å². The zero-order valence-electron chi connectivity index (χ0n) is 14.3. The number of ether oxygens (including phenoxy) is 1. The van der Waals surface area contributed by atoms with Crippen LogP contribution in [0, 0.1) is 11.3 Å². The molecule has 6 heteroatoms. The second-order valence-electron chi connectivity index (χ2n) is 6.83. The zero-order chi connectivity index (χ0) is 16.8. The fraction of sp³-hybridized carbons (Fsp3) is 0.875. The van der Waals surface area contributed by atoms with Crippen LogP contribution in [0.4, 0.5) is 4.79 Å². The van der Waals surface area contributed by atoms with Gasteiger partial charge >= 0.3 is 12.1 Å². The standard InChI is InChI=1S/C16H30N2O4/c1-5-22-14(19)8-9-17(4)12-16(2,3)13-6-10-18(11-7-13)15(20)21/h13H,5-12H2,1-4H3,(H,20,21). The Morgan fingerprint density at radius 1 is 1.32 bits per heavy atom. The van der Waals surface area contributed by atoms with Crippen molar-refractivity contribution < 1.29 is 19.4 Å². The molecule has 1 rings (SSSR count). The molecule has 1 aliphatic heterocycles. The van der Waals surface area contributed by atoms with E-state index in [4.69, 9.17) is 9.84 Å². The van der Waals surface area contributed by atoms with Gasteiger partial charge in [-0.2, -0.15) is 0 Å². The number of piperidine rings is 1. The molecule has 0 spiro atoms. The summed E-state index contributed by atoms with van der Waals surface area (Å²) in [6.45, 7) is 9.53. The molecule has 22 heavy (non-hydrogen) atoms. The number of likely N-dealkylation sites (tertiary alicyclic amines) is 1. The molecule has 1 aliphatic rings. The van der Waals surface area contributed by atoms with Crippen LogP contribution < -0.4 is 0 Å². The number of amides is 1. The topological polar surface area (TPSA) is 70.1 Å². The SMILES string of the molecule is CCOC(=O)CCN(C)CC(C)(C)C1CCN(C(=O)O)CC1. The van der Waals surface area contributed by atoms with Gasteiger partial charge in [-0.3, -0.25) is 4.79 Å². The first-order valence-electron chi connectivity index (χ1n) is 8.08. The van der Waals surface area contributed by atoms with E-state index in [1.165, 1.54) is 4.90 Å². The Labute approximate surface area is 133 Å². The largest absolute Gasteiger partial charge is 0.466 e. The summed E-state index contributed by atoms with van der Waals surface area (Å²) in [7, 11) is 2.02. The summed E-state index contributed by atoms with van der Waals surface area (Å²) in [5.74, 6) is 0.357. The average molecular weight is 314 g/mol. The van der Waals surface area contributed by atoms with Crippen LogP contribution in [0.1, 0.15) is 40.0 Å². The maximum absolute atomic E-state index is 11.4. The Morgan fingerprint density at radius 2 is 1.91 bits per heavy atom. The van der Waals surface area contributed by atoms with Crippen LogP contribution in [0.25, 0.3) is 0 Å². The van der Waals surface area contributed by atoms with Crippen LogP contribution in [-0.2, 0) is 9.53 Å². The van der Waals surface area contributed by atoms with Gasteiger partial charge in [0, 0.05) is 26.2 Å². The van der Waals surface area contributed by atoms with E-state index in [2.05, 4.69) is 18.7 Å². The Hall–Kier alpha value is -1.30. The molecule has 0 unspecified atom stereocenters. The van der Waals surface area contributed by atoms with E-state index in [1.54, 1.807) is 0 Å². The van der Waals surface area contributed by atoms with Crippen molar-refractivity contribution in [2.45, 2.75) is 40.0 Å². The van der Waals surface area contributed by atoms with Gasteiger partial charge in [0.2, 0.25) is 0 Å².